The Bertz CT molecular complexity index is 888. The van der Waals surface area contributed by atoms with Gasteiger partial charge in [0.05, 0.1) is 24.3 Å². The Kier molecular flexibility index (Phi) is 5.66. The molecule has 1 aromatic heterocycles. The second-order valence-electron chi connectivity index (χ2n) is 5.54. The highest BCUT2D eigenvalue weighted by Crippen LogP contribution is 2.23. The van der Waals surface area contributed by atoms with Crippen molar-refractivity contribution >= 4 is 28.9 Å². The van der Waals surface area contributed by atoms with E-state index in [0.717, 1.165) is 11.1 Å². The lowest BCUT2D eigenvalue weighted by molar-refractivity contribution is -0.116. The smallest absolute Gasteiger partial charge is 0.338 e. The number of carboxylic acid groups (broad SMARTS) is 1. The van der Waals surface area contributed by atoms with Crippen molar-refractivity contribution < 1.29 is 19.4 Å². The molecule has 3 rings (SSSR count). The molecule has 1 amide bonds. The lowest BCUT2D eigenvalue weighted by atomic mass is 10.1. The van der Waals surface area contributed by atoms with Gasteiger partial charge in [0.2, 0.25) is 5.91 Å². The number of carbonyl (C=O) groups excluding carboxylic acids is 1. The molecule has 0 aliphatic rings. The van der Waals surface area contributed by atoms with Crippen LogP contribution in [-0.2, 0) is 4.79 Å². The van der Waals surface area contributed by atoms with Crippen LogP contribution in [0.5, 0.6) is 5.75 Å². The van der Waals surface area contributed by atoms with Gasteiger partial charge in [-0.1, -0.05) is 42.5 Å². The minimum Gasteiger partial charge on any atom is -0.493 e. The van der Waals surface area contributed by atoms with E-state index in [1.807, 2.05) is 54.6 Å². The fourth-order valence-corrected chi connectivity index (χ4v) is 3.16. The Hall–Kier alpha value is -3.12. The van der Waals surface area contributed by atoms with Crippen molar-refractivity contribution in [2.24, 2.45) is 0 Å². The van der Waals surface area contributed by atoms with E-state index < -0.39 is 5.97 Å². The molecule has 2 aromatic carbocycles. The fourth-order valence-electron chi connectivity index (χ4n) is 2.41. The number of benzene rings is 2. The highest BCUT2D eigenvalue weighted by atomic mass is 32.1. The monoisotopic (exact) mass is 367 g/mol. The Morgan fingerprint density at radius 2 is 1.65 bits per heavy atom. The first-order valence-corrected chi connectivity index (χ1v) is 8.95. The van der Waals surface area contributed by atoms with Crippen LogP contribution in [0.3, 0.4) is 0 Å². The maximum absolute atomic E-state index is 11.9. The topological polar surface area (TPSA) is 75.6 Å². The van der Waals surface area contributed by atoms with Crippen molar-refractivity contribution in [2.45, 2.75) is 6.42 Å². The van der Waals surface area contributed by atoms with Crippen LogP contribution < -0.4 is 10.1 Å². The van der Waals surface area contributed by atoms with Gasteiger partial charge in [-0.05, 0) is 23.3 Å². The molecule has 0 unspecified atom stereocenters. The first-order valence-electron chi connectivity index (χ1n) is 8.01. The van der Waals surface area contributed by atoms with Crippen LogP contribution in [0.25, 0.3) is 11.1 Å². The summed E-state index contributed by atoms with van der Waals surface area (Å²) in [6.45, 7) is 0.211. The lowest BCUT2D eigenvalue weighted by Crippen LogP contribution is -2.16. The molecule has 0 aliphatic heterocycles. The van der Waals surface area contributed by atoms with Gasteiger partial charge in [0.15, 0.2) is 0 Å². The SMILES string of the molecule is O=C(CCOc1ccc(-c2ccccc2)cc1)Nc1cscc1C(=O)O. The van der Waals surface area contributed by atoms with Crippen molar-refractivity contribution in [3.05, 3.63) is 70.9 Å². The highest BCUT2D eigenvalue weighted by molar-refractivity contribution is 7.08. The van der Waals surface area contributed by atoms with E-state index in [9.17, 15) is 9.59 Å². The molecule has 26 heavy (non-hydrogen) atoms. The summed E-state index contributed by atoms with van der Waals surface area (Å²) in [5, 5.41) is 14.7. The summed E-state index contributed by atoms with van der Waals surface area (Å²) in [5.74, 6) is -0.664. The molecule has 2 N–H and O–H groups in total. The van der Waals surface area contributed by atoms with Gasteiger partial charge in [-0.3, -0.25) is 4.79 Å². The zero-order valence-corrected chi connectivity index (χ0v) is 14.7. The molecule has 0 spiro atoms. The molecule has 6 heteroatoms. The highest BCUT2D eigenvalue weighted by Gasteiger charge is 2.13. The van der Waals surface area contributed by atoms with E-state index in [0.29, 0.717) is 11.4 Å². The van der Waals surface area contributed by atoms with Crippen LogP contribution >= 0.6 is 11.3 Å². The van der Waals surface area contributed by atoms with E-state index in [1.165, 1.54) is 16.7 Å². The second-order valence-corrected chi connectivity index (χ2v) is 6.28. The summed E-state index contributed by atoms with van der Waals surface area (Å²) in [6.07, 6.45) is 0.134. The van der Waals surface area contributed by atoms with Crippen molar-refractivity contribution in [2.75, 3.05) is 11.9 Å². The molecular weight excluding hydrogens is 350 g/mol. The average molecular weight is 367 g/mol. The third kappa shape index (κ3) is 4.49. The van der Waals surface area contributed by atoms with E-state index >= 15 is 0 Å². The van der Waals surface area contributed by atoms with Crippen LogP contribution in [0.1, 0.15) is 16.8 Å². The van der Waals surface area contributed by atoms with Gasteiger partial charge in [0.25, 0.3) is 0 Å². The van der Waals surface area contributed by atoms with Gasteiger partial charge < -0.3 is 15.2 Å². The number of carbonyl (C=O) groups is 2. The normalized spacial score (nSPS) is 10.3. The fraction of sp³-hybridized carbons (Fsp3) is 0.100. The molecule has 0 atom stereocenters. The van der Waals surface area contributed by atoms with Crippen molar-refractivity contribution in [1.29, 1.82) is 0 Å². The number of amides is 1. The maximum atomic E-state index is 11.9. The number of hydrogen-bond acceptors (Lipinski definition) is 4. The second kappa shape index (κ2) is 8.31. The number of ether oxygens (including phenoxy) is 1. The van der Waals surface area contributed by atoms with Gasteiger partial charge in [-0.25, -0.2) is 4.79 Å². The molecule has 132 valence electrons. The standard InChI is InChI=1S/C20H17NO4S/c22-19(21-18-13-26-12-17(18)20(23)24)10-11-25-16-8-6-15(7-9-16)14-4-2-1-3-5-14/h1-9,12-13H,10-11H2,(H,21,22)(H,23,24). The largest absolute Gasteiger partial charge is 0.493 e. The van der Waals surface area contributed by atoms with Gasteiger partial charge in [-0.2, -0.15) is 0 Å². The first kappa shape index (κ1) is 17.7. The summed E-state index contributed by atoms with van der Waals surface area (Å²) in [4.78, 5) is 23.0. The number of hydrogen-bond donors (Lipinski definition) is 2. The molecular formula is C20H17NO4S. The Balaban J connectivity index is 1.49. The zero-order chi connectivity index (χ0) is 18.4. The van der Waals surface area contributed by atoms with E-state index in [2.05, 4.69) is 5.32 Å². The van der Waals surface area contributed by atoms with E-state index in [-0.39, 0.29) is 24.5 Å². The van der Waals surface area contributed by atoms with Crippen molar-refractivity contribution in [3.63, 3.8) is 0 Å². The molecule has 5 nitrogen and oxygen atoms in total. The van der Waals surface area contributed by atoms with Crippen LogP contribution in [-0.4, -0.2) is 23.6 Å². The van der Waals surface area contributed by atoms with E-state index in [4.69, 9.17) is 9.84 Å². The Morgan fingerprint density at radius 3 is 2.35 bits per heavy atom. The molecule has 0 bridgehead atoms. The van der Waals surface area contributed by atoms with Gasteiger partial charge >= 0.3 is 5.97 Å². The molecule has 0 saturated carbocycles. The number of anilines is 1. The Morgan fingerprint density at radius 1 is 0.962 bits per heavy atom. The summed E-state index contributed by atoms with van der Waals surface area (Å²) < 4.78 is 5.59. The number of carboxylic acids is 1. The molecule has 3 aromatic rings. The number of nitrogens with one attached hydrogen (secondary N) is 1. The lowest BCUT2D eigenvalue weighted by Gasteiger charge is -2.08. The minimum absolute atomic E-state index is 0.0979. The maximum Gasteiger partial charge on any atom is 0.338 e. The molecule has 1 heterocycles. The summed E-state index contributed by atoms with van der Waals surface area (Å²) in [7, 11) is 0. The van der Waals surface area contributed by atoms with E-state index in [1.54, 1.807) is 5.38 Å². The molecule has 0 aliphatic carbocycles. The first-order chi connectivity index (χ1) is 12.6. The molecule has 0 saturated heterocycles. The predicted octanol–water partition coefficient (Wildman–Crippen LogP) is 4.52. The quantitative estimate of drug-likeness (QED) is 0.644. The minimum atomic E-state index is -1.06. The van der Waals surface area contributed by atoms with Gasteiger partial charge in [0.1, 0.15) is 5.75 Å². The summed E-state index contributed by atoms with van der Waals surface area (Å²) in [6, 6.07) is 17.7. The average Bonchev–Trinajstić information content (AvgIpc) is 3.11. The Labute approximate surface area is 154 Å². The van der Waals surface area contributed by atoms with Gasteiger partial charge in [-0.15, -0.1) is 11.3 Å². The van der Waals surface area contributed by atoms with Crippen LogP contribution in [0, 0.1) is 0 Å². The predicted molar refractivity (Wildman–Crippen MR) is 102 cm³/mol. The van der Waals surface area contributed by atoms with Gasteiger partial charge in [0, 0.05) is 10.8 Å². The number of thiophene rings is 1. The molecule has 0 radical (unpaired) electrons. The van der Waals surface area contributed by atoms with Crippen molar-refractivity contribution in [3.8, 4) is 16.9 Å². The number of aromatic carboxylic acids is 1. The van der Waals surface area contributed by atoms with Crippen LogP contribution in [0.4, 0.5) is 5.69 Å². The molecule has 0 fully saturated rings. The summed E-state index contributed by atoms with van der Waals surface area (Å²) >= 11 is 1.23. The van der Waals surface area contributed by atoms with Crippen LogP contribution in [0.2, 0.25) is 0 Å². The third-order valence-electron chi connectivity index (χ3n) is 3.73. The number of rotatable bonds is 7. The third-order valence-corrected chi connectivity index (χ3v) is 4.47. The van der Waals surface area contributed by atoms with Crippen LogP contribution in [0.15, 0.2) is 65.4 Å². The summed E-state index contributed by atoms with van der Waals surface area (Å²) in [5.41, 5.74) is 2.64. The zero-order valence-electron chi connectivity index (χ0n) is 13.8. The van der Waals surface area contributed by atoms with Crippen molar-refractivity contribution in [1.82, 2.24) is 0 Å².